The van der Waals surface area contributed by atoms with Crippen LogP contribution in [0.1, 0.15) is 36.7 Å². The van der Waals surface area contributed by atoms with Crippen molar-refractivity contribution in [3.05, 3.63) is 59.4 Å². The van der Waals surface area contributed by atoms with Gasteiger partial charge in [-0.3, -0.25) is 9.59 Å². The van der Waals surface area contributed by atoms with Crippen molar-refractivity contribution in [2.75, 3.05) is 13.7 Å². The van der Waals surface area contributed by atoms with Gasteiger partial charge in [0.2, 0.25) is 0 Å². The number of hydrazone groups is 1. The van der Waals surface area contributed by atoms with Crippen molar-refractivity contribution < 1.29 is 23.5 Å². The number of hydrogen-bond acceptors (Lipinski definition) is 5. The van der Waals surface area contributed by atoms with E-state index in [1.807, 2.05) is 6.92 Å². The molecule has 2 N–H and O–H groups in total. The zero-order valence-corrected chi connectivity index (χ0v) is 17.4. The lowest BCUT2D eigenvalue weighted by molar-refractivity contribution is -0.123. The molecule has 8 heteroatoms. The van der Waals surface area contributed by atoms with Crippen LogP contribution in [0.2, 0.25) is 0 Å². The van der Waals surface area contributed by atoms with E-state index >= 15 is 0 Å². The summed E-state index contributed by atoms with van der Waals surface area (Å²) in [5.41, 5.74) is 2.97. The molecule has 0 saturated heterocycles. The van der Waals surface area contributed by atoms with Crippen LogP contribution >= 0.6 is 0 Å². The van der Waals surface area contributed by atoms with Gasteiger partial charge in [-0.25, -0.2) is 9.82 Å². The van der Waals surface area contributed by atoms with E-state index in [9.17, 15) is 14.0 Å². The molecule has 30 heavy (non-hydrogen) atoms. The molecule has 2 amide bonds. The van der Waals surface area contributed by atoms with Crippen LogP contribution in [0.15, 0.2) is 47.6 Å². The Kier molecular flexibility index (Phi) is 8.34. The number of methoxy groups -OCH3 is 1. The number of halogens is 1. The van der Waals surface area contributed by atoms with Gasteiger partial charge >= 0.3 is 0 Å². The summed E-state index contributed by atoms with van der Waals surface area (Å²) in [6.07, 6.45) is 1.45. The minimum absolute atomic E-state index is 0.124. The van der Waals surface area contributed by atoms with Crippen molar-refractivity contribution in [1.82, 2.24) is 10.7 Å². The lowest BCUT2D eigenvalue weighted by atomic mass is 10.0. The Hall–Kier alpha value is -3.42. The molecule has 0 aromatic heterocycles. The number of carbonyl (C=O) groups excluding carboxylic acids is 2. The number of nitrogens with zero attached hydrogens (tertiary/aromatic N) is 1. The fraction of sp³-hybridized carbons (Fsp3) is 0.318. The molecule has 160 valence electrons. The summed E-state index contributed by atoms with van der Waals surface area (Å²) in [6.45, 7) is 5.93. The molecule has 2 aromatic carbocycles. The second kappa shape index (κ2) is 10.9. The predicted molar refractivity (Wildman–Crippen MR) is 112 cm³/mol. The fourth-order valence-corrected chi connectivity index (χ4v) is 2.68. The van der Waals surface area contributed by atoms with Gasteiger partial charge in [0.15, 0.2) is 11.5 Å². The molecular formula is C22H26FN3O4. The summed E-state index contributed by atoms with van der Waals surface area (Å²) in [4.78, 5) is 24.9. The number of nitrogens with one attached hydrogen (secondary N) is 2. The van der Waals surface area contributed by atoms with Gasteiger partial charge in [0.05, 0.1) is 25.5 Å². The van der Waals surface area contributed by atoms with Crippen molar-refractivity contribution in [3.8, 4) is 11.5 Å². The second-order valence-corrected chi connectivity index (χ2v) is 6.75. The summed E-state index contributed by atoms with van der Waals surface area (Å²) in [5, 5.41) is 6.51. The third kappa shape index (κ3) is 6.04. The Bertz CT molecular complexity index is 915. The first-order valence-corrected chi connectivity index (χ1v) is 9.56. The summed E-state index contributed by atoms with van der Waals surface area (Å²) < 4.78 is 24.6. The Morgan fingerprint density at radius 2 is 1.90 bits per heavy atom. The lowest BCUT2D eigenvalue weighted by Crippen LogP contribution is -2.48. The van der Waals surface area contributed by atoms with Crippen molar-refractivity contribution in [3.63, 3.8) is 0 Å². The van der Waals surface area contributed by atoms with Crippen LogP contribution in [-0.2, 0) is 4.79 Å². The molecule has 0 radical (unpaired) electrons. The monoisotopic (exact) mass is 415 g/mol. The van der Waals surface area contributed by atoms with Gasteiger partial charge < -0.3 is 14.8 Å². The van der Waals surface area contributed by atoms with Crippen molar-refractivity contribution >= 4 is 18.0 Å². The van der Waals surface area contributed by atoms with Crippen LogP contribution < -0.4 is 20.2 Å². The molecule has 0 spiro atoms. The highest BCUT2D eigenvalue weighted by Gasteiger charge is 2.25. The van der Waals surface area contributed by atoms with Gasteiger partial charge in [0.25, 0.3) is 11.8 Å². The highest BCUT2D eigenvalue weighted by molar-refractivity contribution is 5.98. The van der Waals surface area contributed by atoms with Gasteiger partial charge in [-0.05, 0) is 48.7 Å². The van der Waals surface area contributed by atoms with E-state index in [0.29, 0.717) is 23.7 Å². The SMILES string of the molecule is CCOc1ccc(/C=N/NC(=O)C(NC(=O)c2ccccc2F)C(C)C)cc1OC. The average Bonchev–Trinajstić information content (AvgIpc) is 2.72. The molecule has 2 aromatic rings. The van der Waals surface area contributed by atoms with E-state index < -0.39 is 23.7 Å². The highest BCUT2D eigenvalue weighted by atomic mass is 19.1. The van der Waals surface area contributed by atoms with Crippen molar-refractivity contribution in [1.29, 1.82) is 0 Å². The Morgan fingerprint density at radius 1 is 1.17 bits per heavy atom. The Labute approximate surface area is 175 Å². The maximum Gasteiger partial charge on any atom is 0.262 e. The standard InChI is InChI=1S/C22H26FN3O4/c1-5-30-18-11-10-15(12-19(18)29-4)13-24-26-22(28)20(14(2)3)25-21(27)16-8-6-7-9-17(16)23/h6-14,20H,5H2,1-4H3,(H,25,27)(H,26,28)/b24-13+. The zero-order chi connectivity index (χ0) is 22.1. The lowest BCUT2D eigenvalue weighted by Gasteiger charge is -2.20. The molecule has 7 nitrogen and oxygen atoms in total. The van der Waals surface area contributed by atoms with Gasteiger partial charge in [0.1, 0.15) is 11.9 Å². The largest absolute Gasteiger partial charge is 0.493 e. The molecule has 1 unspecified atom stereocenters. The van der Waals surface area contributed by atoms with E-state index in [1.54, 1.807) is 38.1 Å². The average molecular weight is 415 g/mol. The van der Waals surface area contributed by atoms with Crippen LogP contribution in [0.3, 0.4) is 0 Å². The van der Waals surface area contributed by atoms with Crippen LogP contribution in [0, 0.1) is 11.7 Å². The number of hydrogen-bond donors (Lipinski definition) is 2. The molecule has 0 aliphatic carbocycles. The molecule has 0 bridgehead atoms. The molecule has 0 saturated carbocycles. The minimum Gasteiger partial charge on any atom is -0.493 e. The first-order chi connectivity index (χ1) is 14.4. The van der Waals surface area contributed by atoms with Crippen LogP contribution in [-0.4, -0.2) is 37.8 Å². The predicted octanol–water partition coefficient (Wildman–Crippen LogP) is 3.14. The van der Waals surface area contributed by atoms with Crippen molar-refractivity contribution in [2.24, 2.45) is 11.0 Å². The topological polar surface area (TPSA) is 89.0 Å². The van der Waals surface area contributed by atoms with E-state index in [2.05, 4.69) is 15.8 Å². The number of rotatable bonds is 9. The Balaban J connectivity index is 2.05. The third-order valence-electron chi connectivity index (χ3n) is 4.23. The normalized spacial score (nSPS) is 11.9. The van der Waals surface area contributed by atoms with E-state index in [4.69, 9.17) is 9.47 Å². The quantitative estimate of drug-likeness (QED) is 0.486. The molecule has 2 rings (SSSR count). The summed E-state index contributed by atoms with van der Waals surface area (Å²) in [6, 6.07) is 9.94. The van der Waals surface area contributed by atoms with Crippen LogP contribution in [0.25, 0.3) is 0 Å². The van der Waals surface area contributed by atoms with E-state index in [-0.39, 0.29) is 11.5 Å². The second-order valence-electron chi connectivity index (χ2n) is 6.75. The van der Waals surface area contributed by atoms with Gasteiger partial charge in [-0.2, -0.15) is 5.10 Å². The number of carbonyl (C=O) groups is 2. The zero-order valence-electron chi connectivity index (χ0n) is 17.4. The first kappa shape index (κ1) is 22.9. The number of benzene rings is 2. The minimum atomic E-state index is -0.885. The first-order valence-electron chi connectivity index (χ1n) is 9.56. The maximum absolute atomic E-state index is 13.8. The van der Waals surface area contributed by atoms with Crippen LogP contribution in [0.5, 0.6) is 11.5 Å². The van der Waals surface area contributed by atoms with Gasteiger partial charge in [0, 0.05) is 0 Å². The van der Waals surface area contributed by atoms with Gasteiger partial charge in [-0.1, -0.05) is 26.0 Å². The highest BCUT2D eigenvalue weighted by Crippen LogP contribution is 2.27. The summed E-state index contributed by atoms with van der Waals surface area (Å²) >= 11 is 0. The third-order valence-corrected chi connectivity index (χ3v) is 4.23. The van der Waals surface area contributed by atoms with E-state index in [1.165, 1.54) is 31.5 Å². The summed E-state index contributed by atoms with van der Waals surface area (Å²) in [7, 11) is 1.53. The smallest absolute Gasteiger partial charge is 0.262 e. The Morgan fingerprint density at radius 3 is 2.53 bits per heavy atom. The summed E-state index contributed by atoms with van der Waals surface area (Å²) in [5.74, 6) is -0.908. The molecule has 0 aliphatic heterocycles. The molecule has 1 atom stereocenters. The molecule has 0 aliphatic rings. The number of ether oxygens (including phenoxy) is 2. The van der Waals surface area contributed by atoms with Crippen LogP contribution in [0.4, 0.5) is 4.39 Å². The molecular weight excluding hydrogens is 389 g/mol. The number of amides is 2. The van der Waals surface area contributed by atoms with E-state index in [0.717, 1.165) is 0 Å². The van der Waals surface area contributed by atoms with Gasteiger partial charge in [-0.15, -0.1) is 0 Å². The fourth-order valence-electron chi connectivity index (χ4n) is 2.68. The molecule has 0 heterocycles. The van der Waals surface area contributed by atoms with Crippen molar-refractivity contribution in [2.45, 2.75) is 26.8 Å². The maximum atomic E-state index is 13.8. The molecule has 0 fully saturated rings.